The number of likely N-dealkylation sites (tertiary alicyclic amines) is 1. The van der Waals surface area contributed by atoms with Gasteiger partial charge in [0.15, 0.2) is 11.3 Å². The quantitative estimate of drug-likeness (QED) is 0.505. The summed E-state index contributed by atoms with van der Waals surface area (Å²) in [4.78, 5) is 19.0. The molecule has 1 aliphatic heterocycles. The average Bonchev–Trinajstić information content (AvgIpc) is 3.16. The maximum absolute atomic E-state index is 13.6. The van der Waals surface area contributed by atoms with Gasteiger partial charge in [0.2, 0.25) is 0 Å². The van der Waals surface area contributed by atoms with Crippen molar-refractivity contribution in [3.8, 4) is 11.4 Å². The minimum absolute atomic E-state index is 0.0734. The summed E-state index contributed by atoms with van der Waals surface area (Å²) in [5.74, 6) is -0.158. The van der Waals surface area contributed by atoms with E-state index in [1.165, 1.54) is 31.4 Å². The van der Waals surface area contributed by atoms with Crippen LogP contribution in [0.4, 0.5) is 4.39 Å². The van der Waals surface area contributed by atoms with Crippen LogP contribution >= 0.6 is 0 Å². The van der Waals surface area contributed by atoms with Gasteiger partial charge in [-0.1, -0.05) is 12.8 Å². The lowest BCUT2D eigenvalue weighted by molar-refractivity contribution is 0.0686. The van der Waals surface area contributed by atoms with Gasteiger partial charge in [-0.3, -0.25) is 0 Å². The molecule has 1 N–H and O–H groups in total. The molecule has 0 atom stereocenters. The first-order valence-electron chi connectivity index (χ1n) is 12.9. The Labute approximate surface area is 203 Å². The highest BCUT2D eigenvalue weighted by Crippen LogP contribution is 2.42. The molecule has 184 valence electrons. The minimum atomic E-state index is -1.11. The molecule has 0 bridgehead atoms. The molecule has 2 aromatic heterocycles. The van der Waals surface area contributed by atoms with Gasteiger partial charge in [-0.2, -0.15) is 5.10 Å². The van der Waals surface area contributed by atoms with Crippen LogP contribution in [0, 0.1) is 11.7 Å². The summed E-state index contributed by atoms with van der Waals surface area (Å²) in [7, 11) is 0. The Balaban J connectivity index is 1.33. The van der Waals surface area contributed by atoms with E-state index in [9.17, 15) is 14.3 Å². The number of halogens is 1. The van der Waals surface area contributed by atoms with Crippen molar-refractivity contribution in [2.24, 2.45) is 5.92 Å². The van der Waals surface area contributed by atoms with Crippen molar-refractivity contribution in [2.75, 3.05) is 19.7 Å². The SMILES string of the molecule is O=C(O)c1cc(OCC2CCN(C3CCC3)CC2)c2c(C3CCC3)nn(-c3ccc(F)cc3)c2n1. The maximum atomic E-state index is 13.6. The van der Waals surface area contributed by atoms with Gasteiger partial charge in [-0.25, -0.2) is 18.9 Å². The fourth-order valence-electron chi connectivity index (χ4n) is 5.51. The Morgan fingerprint density at radius 2 is 1.77 bits per heavy atom. The molecule has 2 aliphatic carbocycles. The molecule has 0 spiro atoms. The van der Waals surface area contributed by atoms with Gasteiger partial charge >= 0.3 is 5.97 Å². The molecule has 0 unspecified atom stereocenters. The normalized spacial score (nSPS) is 20.0. The number of fused-ring (bicyclic) bond motifs is 1. The lowest BCUT2D eigenvalue weighted by Crippen LogP contribution is -2.45. The van der Waals surface area contributed by atoms with E-state index in [2.05, 4.69) is 9.88 Å². The summed E-state index contributed by atoms with van der Waals surface area (Å²) in [6.45, 7) is 2.78. The zero-order valence-corrected chi connectivity index (χ0v) is 19.8. The van der Waals surface area contributed by atoms with Crippen LogP contribution in [-0.4, -0.2) is 56.5 Å². The third-order valence-electron chi connectivity index (χ3n) is 8.13. The monoisotopic (exact) mass is 478 g/mol. The van der Waals surface area contributed by atoms with Crippen LogP contribution in [-0.2, 0) is 0 Å². The van der Waals surface area contributed by atoms with Gasteiger partial charge in [0, 0.05) is 18.0 Å². The van der Waals surface area contributed by atoms with Gasteiger partial charge in [0.05, 0.1) is 23.4 Å². The number of aromatic nitrogens is 3. The van der Waals surface area contributed by atoms with E-state index in [0.717, 1.165) is 62.3 Å². The molecule has 3 aliphatic rings. The van der Waals surface area contributed by atoms with E-state index in [1.807, 2.05) is 0 Å². The average molecular weight is 479 g/mol. The molecule has 2 saturated carbocycles. The second-order valence-electron chi connectivity index (χ2n) is 10.3. The number of carbonyl (C=O) groups is 1. The first-order valence-corrected chi connectivity index (χ1v) is 12.9. The molecule has 6 rings (SSSR count). The third kappa shape index (κ3) is 4.29. The molecule has 1 saturated heterocycles. The van der Waals surface area contributed by atoms with Gasteiger partial charge in [-0.15, -0.1) is 0 Å². The molecular weight excluding hydrogens is 447 g/mol. The standard InChI is InChI=1S/C27H31FN4O3/c28-19-7-9-21(10-8-19)32-26-24(25(30-32)18-3-1-4-18)23(15-22(29-26)27(33)34)35-16-17-11-13-31(14-12-17)20-5-2-6-20/h7-10,15,17-18,20H,1-6,11-14,16H2,(H,33,34). The lowest BCUT2D eigenvalue weighted by Gasteiger charge is -2.41. The Bertz CT molecular complexity index is 1230. The summed E-state index contributed by atoms with van der Waals surface area (Å²) in [5.41, 5.74) is 1.92. The molecule has 3 fully saturated rings. The molecule has 3 heterocycles. The Hall–Kier alpha value is -3.00. The molecule has 3 aromatic rings. The number of hydrogen-bond donors (Lipinski definition) is 1. The van der Waals surface area contributed by atoms with Crippen LogP contribution in [0.25, 0.3) is 16.7 Å². The van der Waals surface area contributed by atoms with E-state index >= 15 is 0 Å². The van der Waals surface area contributed by atoms with Crippen molar-refractivity contribution in [2.45, 2.75) is 63.3 Å². The van der Waals surface area contributed by atoms with E-state index in [0.29, 0.717) is 35.5 Å². The van der Waals surface area contributed by atoms with Crippen molar-refractivity contribution in [1.29, 1.82) is 0 Å². The maximum Gasteiger partial charge on any atom is 0.354 e. The Kier molecular flexibility index (Phi) is 5.92. The number of benzene rings is 1. The molecule has 0 radical (unpaired) electrons. The topological polar surface area (TPSA) is 80.5 Å². The van der Waals surface area contributed by atoms with E-state index in [4.69, 9.17) is 9.84 Å². The highest BCUT2D eigenvalue weighted by atomic mass is 19.1. The fourth-order valence-corrected chi connectivity index (χ4v) is 5.51. The number of pyridine rings is 1. The van der Waals surface area contributed by atoms with E-state index < -0.39 is 5.97 Å². The molecular formula is C27H31FN4O3. The van der Waals surface area contributed by atoms with Crippen LogP contribution in [0.15, 0.2) is 30.3 Å². The highest BCUT2D eigenvalue weighted by molar-refractivity contribution is 5.94. The molecule has 1 aromatic carbocycles. The zero-order chi connectivity index (χ0) is 23.9. The summed E-state index contributed by atoms with van der Waals surface area (Å²) < 4.78 is 21.6. The van der Waals surface area contributed by atoms with Crippen LogP contribution in [0.3, 0.4) is 0 Å². The molecule has 35 heavy (non-hydrogen) atoms. The largest absolute Gasteiger partial charge is 0.492 e. The fraction of sp³-hybridized carbons (Fsp3) is 0.519. The predicted molar refractivity (Wildman–Crippen MR) is 130 cm³/mol. The van der Waals surface area contributed by atoms with Crippen LogP contribution in [0.2, 0.25) is 0 Å². The van der Waals surface area contributed by atoms with Gasteiger partial charge in [0.25, 0.3) is 0 Å². The van der Waals surface area contributed by atoms with Gasteiger partial charge in [0.1, 0.15) is 11.6 Å². The predicted octanol–water partition coefficient (Wildman–Crippen LogP) is 5.17. The van der Waals surface area contributed by atoms with Crippen LogP contribution < -0.4 is 4.74 Å². The third-order valence-corrected chi connectivity index (χ3v) is 8.13. The number of carboxylic acids is 1. The first kappa shape index (κ1) is 22.5. The number of nitrogens with zero attached hydrogens (tertiary/aromatic N) is 4. The van der Waals surface area contributed by atoms with Gasteiger partial charge < -0.3 is 14.7 Å². The summed E-state index contributed by atoms with van der Waals surface area (Å²) in [5, 5.41) is 15.4. The first-order chi connectivity index (χ1) is 17.1. The van der Waals surface area contributed by atoms with Crippen molar-refractivity contribution in [3.05, 3.63) is 47.5 Å². The molecule has 7 nitrogen and oxygen atoms in total. The number of rotatable bonds is 7. The van der Waals surface area contributed by atoms with E-state index in [-0.39, 0.29) is 11.5 Å². The molecule has 8 heteroatoms. The zero-order valence-electron chi connectivity index (χ0n) is 19.8. The summed E-state index contributed by atoms with van der Waals surface area (Å²) >= 11 is 0. The summed E-state index contributed by atoms with van der Waals surface area (Å²) in [6, 6.07) is 8.35. The van der Waals surface area contributed by atoms with Crippen LogP contribution in [0.1, 0.15) is 73.5 Å². The highest BCUT2D eigenvalue weighted by Gasteiger charge is 2.31. The lowest BCUT2D eigenvalue weighted by atomic mass is 9.82. The number of piperidine rings is 1. The second-order valence-corrected chi connectivity index (χ2v) is 10.3. The summed E-state index contributed by atoms with van der Waals surface area (Å²) in [6.07, 6.45) is 9.43. The Morgan fingerprint density at radius 3 is 2.37 bits per heavy atom. The number of ether oxygens (including phenoxy) is 1. The minimum Gasteiger partial charge on any atom is -0.492 e. The van der Waals surface area contributed by atoms with Crippen LogP contribution in [0.5, 0.6) is 5.75 Å². The smallest absolute Gasteiger partial charge is 0.354 e. The molecule has 0 amide bonds. The van der Waals surface area contributed by atoms with Crippen molar-refractivity contribution < 1.29 is 19.0 Å². The van der Waals surface area contributed by atoms with Gasteiger partial charge in [-0.05, 0) is 81.8 Å². The number of aromatic carboxylic acids is 1. The number of hydrogen-bond acceptors (Lipinski definition) is 5. The second kappa shape index (κ2) is 9.22. The van der Waals surface area contributed by atoms with E-state index in [1.54, 1.807) is 22.9 Å². The van der Waals surface area contributed by atoms with Crippen molar-refractivity contribution in [3.63, 3.8) is 0 Å². The van der Waals surface area contributed by atoms with Crippen molar-refractivity contribution in [1.82, 2.24) is 19.7 Å². The number of carboxylic acid groups (broad SMARTS) is 1. The Morgan fingerprint density at radius 1 is 1.06 bits per heavy atom. The van der Waals surface area contributed by atoms with Crippen molar-refractivity contribution >= 4 is 17.0 Å².